The predicted octanol–water partition coefficient (Wildman–Crippen LogP) is 5.84. The van der Waals surface area contributed by atoms with Crippen LogP contribution in [-0.2, 0) is 10.2 Å². The summed E-state index contributed by atoms with van der Waals surface area (Å²) in [6.45, 7) is 1.83. The molecule has 0 heterocycles. The van der Waals surface area contributed by atoms with E-state index < -0.39 is 0 Å². The van der Waals surface area contributed by atoms with E-state index in [0.717, 1.165) is 23.1 Å². The van der Waals surface area contributed by atoms with Crippen molar-refractivity contribution in [2.24, 2.45) is 11.0 Å². The van der Waals surface area contributed by atoms with Gasteiger partial charge in [-0.15, -0.1) is 0 Å². The molecule has 0 aliphatic heterocycles. The molecular weight excluding hydrogens is 403 g/mol. The van der Waals surface area contributed by atoms with Crippen molar-refractivity contribution in [3.05, 3.63) is 106 Å². The number of amides is 1. The standard InChI is InChI=1S/C24H20Cl2N2O/c1-16(17-12-13-21(25)22(26)14-17)27-28-23(29)20-15-24(20,18-8-4-2-5-9-18)19-10-6-3-7-11-19/h2-14,20H,15H2,1H3,(H,28,29)/b27-16+/t20-/m0/s1. The van der Waals surface area contributed by atoms with Gasteiger partial charge in [0, 0.05) is 5.41 Å². The van der Waals surface area contributed by atoms with Crippen LogP contribution in [0.15, 0.2) is 84.0 Å². The third-order valence-corrected chi connectivity index (χ3v) is 6.27. The van der Waals surface area contributed by atoms with Crippen molar-refractivity contribution in [1.29, 1.82) is 0 Å². The summed E-state index contributed by atoms with van der Waals surface area (Å²) < 4.78 is 0. The molecule has 3 aromatic carbocycles. The summed E-state index contributed by atoms with van der Waals surface area (Å²) >= 11 is 12.0. The topological polar surface area (TPSA) is 41.5 Å². The maximum atomic E-state index is 13.0. The van der Waals surface area contributed by atoms with Crippen LogP contribution in [0.2, 0.25) is 10.0 Å². The van der Waals surface area contributed by atoms with E-state index in [-0.39, 0.29) is 17.2 Å². The first kappa shape index (κ1) is 19.7. The lowest BCUT2D eigenvalue weighted by molar-refractivity contribution is -0.122. The SMILES string of the molecule is C/C(=N\NC(=O)[C@@H]1CC1(c1ccccc1)c1ccccc1)c1ccc(Cl)c(Cl)c1. The van der Waals surface area contributed by atoms with Gasteiger partial charge < -0.3 is 0 Å². The molecule has 3 nitrogen and oxygen atoms in total. The normalized spacial score (nSPS) is 17.6. The highest BCUT2D eigenvalue weighted by Gasteiger charge is 2.60. The fraction of sp³-hybridized carbons (Fsp3) is 0.167. The smallest absolute Gasteiger partial charge is 0.244 e. The lowest BCUT2D eigenvalue weighted by Crippen LogP contribution is -2.26. The van der Waals surface area contributed by atoms with E-state index in [2.05, 4.69) is 34.8 Å². The van der Waals surface area contributed by atoms with Gasteiger partial charge in [0.05, 0.1) is 21.7 Å². The number of hydrogen-bond acceptors (Lipinski definition) is 2. The van der Waals surface area contributed by atoms with Crippen molar-refractivity contribution in [3.8, 4) is 0 Å². The number of rotatable bonds is 5. The van der Waals surface area contributed by atoms with Crippen LogP contribution in [0.3, 0.4) is 0 Å². The molecule has 5 heteroatoms. The van der Waals surface area contributed by atoms with Crippen LogP contribution in [0.4, 0.5) is 0 Å². The summed E-state index contributed by atoms with van der Waals surface area (Å²) in [5, 5.41) is 5.24. The molecule has 0 aromatic heterocycles. The van der Waals surface area contributed by atoms with Crippen molar-refractivity contribution < 1.29 is 4.79 Å². The van der Waals surface area contributed by atoms with Crippen LogP contribution >= 0.6 is 23.2 Å². The number of halogens is 2. The molecular formula is C24H20Cl2N2O. The van der Waals surface area contributed by atoms with Gasteiger partial charge in [0.25, 0.3) is 0 Å². The summed E-state index contributed by atoms with van der Waals surface area (Å²) in [6.07, 6.45) is 0.758. The Kier molecular flexibility index (Phi) is 5.44. The Balaban J connectivity index is 1.56. The minimum atomic E-state index is -0.306. The fourth-order valence-corrected chi connectivity index (χ4v) is 4.16. The molecule has 3 aromatic rings. The number of hydrazone groups is 1. The molecule has 0 unspecified atom stereocenters. The summed E-state index contributed by atoms with van der Waals surface area (Å²) in [4.78, 5) is 13.0. The van der Waals surface area contributed by atoms with Crippen LogP contribution in [0, 0.1) is 5.92 Å². The van der Waals surface area contributed by atoms with E-state index in [0.29, 0.717) is 15.8 Å². The molecule has 0 spiro atoms. The number of carbonyl (C=O) groups excluding carboxylic acids is 1. The predicted molar refractivity (Wildman–Crippen MR) is 119 cm³/mol. The van der Waals surface area contributed by atoms with Crippen LogP contribution in [0.1, 0.15) is 30.0 Å². The molecule has 1 saturated carbocycles. The quantitative estimate of drug-likeness (QED) is 0.407. The minimum absolute atomic E-state index is 0.0860. The van der Waals surface area contributed by atoms with Crippen LogP contribution in [-0.4, -0.2) is 11.6 Å². The zero-order valence-electron chi connectivity index (χ0n) is 15.9. The van der Waals surface area contributed by atoms with E-state index in [1.165, 1.54) is 0 Å². The van der Waals surface area contributed by atoms with Gasteiger partial charge in [-0.05, 0) is 42.2 Å². The Morgan fingerprint density at radius 3 is 2.07 bits per heavy atom. The summed E-state index contributed by atoms with van der Waals surface area (Å²) in [5.74, 6) is -0.255. The van der Waals surface area contributed by atoms with Gasteiger partial charge >= 0.3 is 0 Å². The van der Waals surface area contributed by atoms with Crippen LogP contribution in [0.5, 0.6) is 0 Å². The Labute approximate surface area is 180 Å². The highest BCUT2D eigenvalue weighted by atomic mass is 35.5. The van der Waals surface area contributed by atoms with Gasteiger partial charge in [0.2, 0.25) is 5.91 Å². The molecule has 1 N–H and O–H groups in total. The number of hydrogen-bond donors (Lipinski definition) is 1. The van der Waals surface area contributed by atoms with Crippen molar-refractivity contribution in [2.45, 2.75) is 18.8 Å². The first-order valence-electron chi connectivity index (χ1n) is 9.43. The lowest BCUT2D eigenvalue weighted by atomic mass is 9.85. The second-order valence-corrected chi connectivity index (χ2v) is 8.08. The molecule has 29 heavy (non-hydrogen) atoms. The van der Waals surface area contributed by atoms with Crippen molar-refractivity contribution in [3.63, 3.8) is 0 Å². The minimum Gasteiger partial charge on any atom is -0.273 e. The Morgan fingerprint density at radius 1 is 0.931 bits per heavy atom. The fourth-order valence-electron chi connectivity index (χ4n) is 3.86. The van der Waals surface area contributed by atoms with Gasteiger partial charge in [-0.3, -0.25) is 4.79 Å². The number of carbonyl (C=O) groups is 1. The second-order valence-electron chi connectivity index (χ2n) is 7.26. The highest BCUT2D eigenvalue weighted by molar-refractivity contribution is 6.42. The van der Waals surface area contributed by atoms with Crippen LogP contribution < -0.4 is 5.43 Å². The zero-order chi connectivity index (χ0) is 20.4. The van der Waals surface area contributed by atoms with Gasteiger partial charge in [0.1, 0.15) is 0 Å². The third-order valence-electron chi connectivity index (χ3n) is 5.53. The van der Waals surface area contributed by atoms with Gasteiger partial charge in [-0.25, -0.2) is 5.43 Å². The molecule has 0 saturated heterocycles. The monoisotopic (exact) mass is 422 g/mol. The average Bonchev–Trinajstić information content (AvgIpc) is 3.52. The molecule has 146 valence electrons. The first-order chi connectivity index (χ1) is 14.0. The maximum Gasteiger partial charge on any atom is 0.244 e. The third kappa shape index (κ3) is 3.81. The molecule has 1 aliphatic rings. The van der Waals surface area contributed by atoms with Crippen molar-refractivity contribution >= 4 is 34.8 Å². The van der Waals surface area contributed by atoms with E-state index in [9.17, 15) is 4.79 Å². The van der Waals surface area contributed by atoms with Gasteiger partial charge in [-0.1, -0.05) is 89.9 Å². The first-order valence-corrected chi connectivity index (χ1v) is 10.2. The Bertz CT molecular complexity index is 1030. The van der Waals surface area contributed by atoms with Crippen molar-refractivity contribution in [1.82, 2.24) is 5.43 Å². The van der Waals surface area contributed by atoms with E-state index in [1.807, 2.05) is 49.4 Å². The molecule has 1 atom stereocenters. The van der Waals surface area contributed by atoms with Crippen molar-refractivity contribution in [2.75, 3.05) is 0 Å². The maximum absolute atomic E-state index is 13.0. The number of nitrogens with one attached hydrogen (secondary N) is 1. The van der Waals surface area contributed by atoms with Gasteiger partial charge in [0.15, 0.2) is 0 Å². The lowest BCUT2D eigenvalue weighted by Gasteiger charge is -2.18. The Morgan fingerprint density at radius 2 is 1.52 bits per heavy atom. The zero-order valence-corrected chi connectivity index (χ0v) is 17.4. The summed E-state index contributed by atoms with van der Waals surface area (Å²) in [6, 6.07) is 25.7. The Hall–Kier alpha value is -2.62. The second kappa shape index (κ2) is 8.02. The molecule has 4 rings (SSSR count). The molecule has 1 fully saturated rings. The number of benzene rings is 3. The molecule has 1 aliphatic carbocycles. The van der Waals surface area contributed by atoms with E-state index in [4.69, 9.17) is 23.2 Å². The molecule has 0 bridgehead atoms. The molecule has 0 radical (unpaired) electrons. The number of nitrogens with zero attached hydrogens (tertiary/aromatic N) is 1. The van der Waals surface area contributed by atoms with Crippen LogP contribution in [0.25, 0.3) is 0 Å². The summed E-state index contributed by atoms with van der Waals surface area (Å²) in [5.41, 5.74) is 6.22. The van der Waals surface area contributed by atoms with Gasteiger partial charge in [-0.2, -0.15) is 5.10 Å². The summed E-state index contributed by atoms with van der Waals surface area (Å²) in [7, 11) is 0. The largest absolute Gasteiger partial charge is 0.273 e. The van der Waals surface area contributed by atoms with E-state index in [1.54, 1.807) is 12.1 Å². The van der Waals surface area contributed by atoms with E-state index >= 15 is 0 Å². The molecule has 1 amide bonds. The highest BCUT2D eigenvalue weighted by Crippen LogP contribution is 2.58. The average molecular weight is 423 g/mol.